The van der Waals surface area contributed by atoms with Crippen molar-refractivity contribution in [2.75, 3.05) is 0 Å². The first kappa shape index (κ1) is 15.7. The molecule has 1 aliphatic carbocycles. The van der Waals surface area contributed by atoms with Crippen LogP contribution in [0.2, 0.25) is 0 Å². The standard InChI is InChI=1S/C23H26O/c1-3-9-19(10-4-1)17-23(18-20-11-5-2-6-12-20)16-15-21-13-7-8-14-22(21)24-23/h1-6,8-12,14,21-22H,7,13,15-18H2. The molecule has 0 amide bonds. The first-order chi connectivity index (χ1) is 11.8. The molecule has 0 spiro atoms. The van der Waals surface area contributed by atoms with E-state index in [0.29, 0.717) is 6.10 Å². The quantitative estimate of drug-likeness (QED) is 0.690. The highest BCUT2D eigenvalue weighted by molar-refractivity contribution is 5.23. The summed E-state index contributed by atoms with van der Waals surface area (Å²) in [4.78, 5) is 0. The van der Waals surface area contributed by atoms with Crippen LogP contribution in [0, 0.1) is 5.92 Å². The Kier molecular flexibility index (Phi) is 4.53. The van der Waals surface area contributed by atoms with Crippen LogP contribution in [0.1, 0.15) is 36.8 Å². The minimum Gasteiger partial charge on any atom is -0.367 e. The van der Waals surface area contributed by atoms with E-state index in [1.54, 1.807) is 0 Å². The first-order valence-corrected chi connectivity index (χ1v) is 9.25. The highest BCUT2D eigenvalue weighted by Crippen LogP contribution is 2.41. The zero-order valence-corrected chi connectivity index (χ0v) is 14.2. The van der Waals surface area contributed by atoms with Crippen molar-refractivity contribution in [3.63, 3.8) is 0 Å². The van der Waals surface area contributed by atoms with E-state index in [-0.39, 0.29) is 5.60 Å². The van der Waals surface area contributed by atoms with Gasteiger partial charge in [-0.25, -0.2) is 0 Å². The van der Waals surface area contributed by atoms with E-state index >= 15 is 0 Å². The summed E-state index contributed by atoms with van der Waals surface area (Å²) in [5.41, 5.74) is 2.68. The molecule has 1 heterocycles. The van der Waals surface area contributed by atoms with Gasteiger partial charge < -0.3 is 4.74 Å². The van der Waals surface area contributed by atoms with Crippen molar-refractivity contribution in [2.24, 2.45) is 5.92 Å². The molecule has 1 heteroatoms. The average Bonchev–Trinajstić information content (AvgIpc) is 2.63. The molecule has 1 saturated heterocycles. The molecule has 124 valence electrons. The summed E-state index contributed by atoms with van der Waals surface area (Å²) in [6, 6.07) is 21.7. The van der Waals surface area contributed by atoms with Gasteiger partial charge >= 0.3 is 0 Å². The van der Waals surface area contributed by atoms with Crippen molar-refractivity contribution < 1.29 is 4.74 Å². The summed E-state index contributed by atoms with van der Waals surface area (Å²) in [5, 5.41) is 0. The van der Waals surface area contributed by atoms with Gasteiger partial charge in [-0.15, -0.1) is 0 Å². The Bertz CT molecular complexity index is 632. The smallest absolute Gasteiger partial charge is 0.0791 e. The lowest BCUT2D eigenvalue weighted by Gasteiger charge is -2.46. The van der Waals surface area contributed by atoms with Gasteiger partial charge in [0.1, 0.15) is 0 Å². The third-order valence-corrected chi connectivity index (χ3v) is 5.59. The van der Waals surface area contributed by atoms with E-state index in [4.69, 9.17) is 4.74 Å². The van der Waals surface area contributed by atoms with Gasteiger partial charge in [0.15, 0.2) is 0 Å². The van der Waals surface area contributed by atoms with Gasteiger partial charge in [0, 0.05) is 12.8 Å². The van der Waals surface area contributed by atoms with E-state index in [0.717, 1.165) is 25.2 Å². The maximum absolute atomic E-state index is 6.80. The number of fused-ring (bicyclic) bond motifs is 1. The summed E-state index contributed by atoms with van der Waals surface area (Å²) in [7, 11) is 0. The fourth-order valence-electron chi connectivity index (χ4n) is 4.36. The van der Waals surface area contributed by atoms with E-state index in [1.807, 2.05) is 0 Å². The van der Waals surface area contributed by atoms with Crippen molar-refractivity contribution in [3.05, 3.63) is 83.9 Å². The Morgan fingerprint density at radius 3 is 2.08 bits per heavy atom. The SMILES string of the molecule is C1=CC2OC(Cc3ccccc3)(Cc3ccccc3)CCC2CC1. The highest BCUT2D eigenvalue weighted by atomic mass is 16.5. The van der Waals surface area contributed by atoms with Crippen LogP contribution in [0.25, 0.3) is 0 Å². The van der Waals surface area contributed by atoms with E-state index in [1.165, 1.54) is 30.4 Å². The third kappa shape index (κ3) is 3.47. The fraction of sp³-hybridized carbons (Fsp3) is 0.391. The maximum Gasteiger partial charge on any atom is 0.0791 e. The number of ether oxygens (including phenoxy) is 1. The molecule has 1 fully saturated rings. The van der Waals surface area contributed by atoms with E-state index in [2.05, 4.69) is 72.8 Å². The lowest BCUT2D eigenvalue weighted by atomic mass is 9.75. The van der Waals surface area contributed by atoms with Crippen LogP contribution in [0.3, 0.4) is 0 Å². The normalized spacial score (nSPS) is 25.2. The molecule has 0 radical (unpaired) electrons. The van der Waals surface area contributed by atoms with E-state index in [9.17, 15) is 0 Å². The number of benzene rings is 2. The highest BCUT2D eigenvalue weighted by Gasteiger charge is 2.41. The van der Waals surface area contributed by atoms with Crippen LogP contribution in [-0.4, -0.2) is 11.7 Å². The Labute approximate surface area is 145 Å². The van der Waals surface area contributed by atoms with Crippen LogP contribution < -0.4 is 0 Å². The molecule has 2 aliphatic rings. The monoisotopic (exact) mass is 318 g/mol. The third-order valence-electron chi connectivity index (χ3n) is 5.59. The molecule has 0 saturated carbocycles. The molecule has 2 atom stereocenters. The second-order valence-electron chi connectivity index (χ2n) is 7.39. The summed E-state index contributed by atoms with van der Waals surface area (Å²) in [6.07, 6.45) is 11.9. The Morgan fingerprint density at radius 1 is 0.833 bits per heavy atom. The van der Waals surface area contributed by atoms with Gasteiger partial charge in [0.2, 0.25) is 0 Å². The van der Waals surface area contributed by atoms with Crippen LogP contribution in [-0.2, 0) is 17.6 Å². The Morgan fingerprint density at radius 2 is 1.46 bits per heavy atom. The zero-order chi connectivity index (χ0) is 16.2. The molecule has 4 rings (SSSR count). The second kappa shape index (κ2) is 6.94. The first-order valence-electron chi connectivity index (χ1n) is 9.25. The molecular formula is C23H26O. The number of rotatable bonds is 4. The molecule has 2 unspecified atom stereocenters. The second-order valence-corrected chi connectivity index (χ2v) is 7.39. The maximum atomic E-state index is 6.80. The van der Waals surface area contributed by atoms with Crippen molar-refractivity contribution in [1.82, 2.24) is 0 Å². The molecule has 2 aromatic carbocycles. The van der Waals surface area contributed by atoms with Gasteiger partial charge in [0.25, 0.3) is 0 Å². The summed E-state index contributed by atoms with van der Waals surface area (Å²) < 4.78 is 6.80. The van der Waals surface area contributed by atoms with Crippen molar-refractivity contribution in [2.45, 2.75) is 50.2 Å². The lowest BCUT2D eigenvalue weighted by Crippen LogP contribution is -2.48. The summed E-state index contributed by atoms with van der Waals surface area (Å²) >= 11 is 0. The molecule has 24 heavy (non-hydrogen) atoms. The predicted octanol–water partition coefficient (Wildman–Crippen LogP) is 5.36. The Balaban J connectivity index is 1.61. The summed E-state index contributed by atoms with van der Waals surface area (Å²) in [5.74, 6) is 0.717. The topological polar surface area (TPSA) is 9.23 Å². The van der Waals surface area contributed by atoms with Crippen molar-refractivity contribution in [1.29, 1.82) is 0 Å². The molecule has 1 nitrogen and oxygen atoms in total. The van der Waals surface area contributed by atoms with Crippen LogP contribution in [0.5, 0.6) is 0 Å². The van der Waals surface area contributed by atoms with Crippen LogP contribution in [0.15, 0.2) is 72.8 Å². The molecule has 0 N–H and O–H groups in total. The minimum atomic E-state index is -0.0778. The van der Waals surface area contributed by atoms with Gasteiger partial charge in [-0.3, -0.25) is 0 Å². The lowest BCUT2D eigenvalue weighted by molar-refractivity contribution is -0.137. The van der Waals surface area contributed by atoms with Gasteiger partial charge in [-0.05, 0) is 42.7 Å². The molecule has 0 aromatic heterocycles. The largest absolute Gasteiger partial charge is 0.367 e. The van der Waals surface area contributed by atoms with Crippen LogP contribution >= 0.6 is 0 Å². The van der Waals surface area contributed by atoms with Crippen molar-refractivity contribution in [3.8, 4) is 0 Å². The number of hydrogen-bond acceptors (Lipinski definition) is 1. The molecular weight excluding hydrogens is 292 g/mol. The van der Waals surface area contributed by atoms with E-state index < -0.39 is 0 Å². The summed E-state index contributed by atoms with van der Waals surface area (Å²) in [6.45, 7) is 0. The zero-order valence-electron chi connectivity index (χ0n) is 14.2. The predicted molar refractivity (Wildman–Crippen MR) is 99.0 cm³/mol. The van der Waals surface area contributed by atoms with Gasteiger partial charge in [-0.1, -0.05) is 72.8 Å². The molecule has 1 aliphatic heterocycles. The van der Waals surface area contributed by atoms with Gasteiger partial charge in [0.05, 0.1) is 11.7 Å². The molecule has 2 aromatic rings. The van der Waals surface area contributed by atoms with Crippen molar-refractivity contribution >= 4 is 0 Å². The average molecular weight is 318 g/mol. The fourth-order valence-corrected chi connectivity index (χ4v) is 4.36. The number of allylic oxidation sites excluding steroid dienone is 1. The molecule has 0 bridgehead atoms. The van der Waals surface area contributed by atoms with Crippen LogP contribution in [0.4, 0.5) is 0 Å². The minimum absolute atomic E-state index is 0.0778. The van der Waals surface area contributed by atoms with Gasteiger partial charge in [-0.2, -0.15) is 0 Å². The Hall–Kier alpha value is -1.86. The number of hydrogen-bond donors (Lipinski definition) is 0.